The molecule has 0 saturated heterocycles. The molecule has 21 nitrogen and oxygen atoms in total. The molecule has 2 unspecified atom stereocenters. The van der Waals surface area contributed by atoms with Gasteiger partial charge in [-0.2, -0.15) is 0 Å². The Morgan fingerprint density at radius 3 is 1.99 bits per heavy atom. The van der Waals surface area contributed by atoms with Crippen molar-refractivity contribution in [3.05, 3.63) is 137 Å². The Morgan fingerprint density at radius 1 is 0.732 bits per heavy atom. The minimum atomic E-state index is -1.08. The van der Waals surface area contributed by atoms with Crippen LogP contribution < -0.4 is 50.0 Å². The third-order valence-corrected chi connectivity index (χ3v) is 14.2. The predicted octanol–water partition coefficient (Wildman–Crippen LogP) is 6.52. The van der Waals surface area contributed by atoms with Crippen molar-refractivity contribution in [3.63, 3.8) is 0 Å². The van der Waals surface area contributed by atoms with Crippen LogP contribution in [0.4, 0.5) is 28.4 Å². The van der Waals surface area contributed by atoms with E-state index in [4.69, 9.17) is 23.9 Å². The minimum Gasteiger partial charge on any atom is -0.493 e. The number of hydrogen-bond donors (Lipinski definition) is 4. The van der Waals surface area contributed by atoms with Crippen LogP contribution in [-0.4, -0.2) is 124 Å². The highest BCUT2D eigenvalue weighted by Gasteiger charge is 2.30. The zero-order valence-electron chi connectivity index (χ0n) is 46.3. The van der Waals surface area contributed by atoms with Crippen molar-refractivity contribution >= 4 is 89.0 Å². The van der Waals surface area contributed by atoms with Crippen molar-refractivity contribution < 1.29 is 57.3 Å². The summed E-state index contributed by atoms with van der Waals surface area (Å²) in [7, 11) is 4.92. The van der Waals surface area contributed by atoms with Gasteiger partial charge in [-0.25, -0.2) is 0 Å². The van der Waals surface area contributed by atoms with E-state index in [1.807, 2.05) is 55.7 Å². The number of benzene rings is 5. The largest absolute Gasteiger partial charge is 0.493 e. The molecule has 0 bridgehead atoms. The minimum absolute atomic E-state index is 0.0353. The quantitative estimate of drug-likeness (QED) is 0.0199. The van der Waals surface area contributed by atoms with E-state index < -0.39 is 41.6 Å². The highest BCUT2D eigenvalue weighted by molar-refractivity contribution is 6.13. The number of imide groups is 1. The summed E-state index contributed by atoms with van der Waals surface area (Å²) in [6.07, 6.45) is 7.19. The molecule has 426 valence electrons. The lowest BCUT2D eigenvalue weighted by atomic mass is 10.1. The Kier molecular flexibility index (Phi) is 19.3. The Hall–Kier alpha value is -9.66. The van der Waals surface area contributed by atoms with E-state index in [9.17, 15) is 38.4 Å². The van der Waals surface area contributed by atoms with E-state index in [0.717, 1.165) is 28.3 Å². The van der Waals surface area contributed by atoms with Crippen LogP contribution in [0.2, 0.25) is 0 Å². The number of para-hydroxylation sites is 2. The summed E-state index contributed by atoms with van der Waals surface area (Å²) in [6, 6.07) is 25.2. The zero-order chi connectivity index (χ0) is 58.5. The Bertz CT molecular complexity index is 3340. The van der Waals surface area contributed by atoms with Crippen LogP contribution in [-0.2, 0) is 54.8 Å². The second-order valence-corrected chi connectivity index (χ2v) is 19.8. The molecule has 21 heteroatoms. The standard InChI is InChI=1S/C61H65N9O12/c1-37(65-56(73)18-12-11-17-55(72)63-22-24-70-57(74)19-20-58(70)75)59(76)66-38(2)60(77)67-44-26-39(35-81-53-31-47(43(34-71)29-51(53)79-5)64-33-45-28-42-14-8-9-15-49(42)68(45)4)25-40(27-44)36-82-54-32-48(62-3)46(30-52(54)80-6)61(78)69-23-21-41-13-7-10-16-50(41)69/h7-10,13-16,19-20,25-27,29-34,37-38,45H,3,11-12,17-18,21-24,28,35-36H2,1-2,4-6H3,(H,63,72)(H,65,73)(H,66,76)(H,67,77)/t37-,38?,45?/m0/s1. The number of nitrogens with one attached hydrogen (secondary N) is 4. The molecule has 5 aromatic rings. The van der Waals surface area contributed by atoms with Gasteiger partial charge in [0.25, 0.3) is 17.7 Å². The van der Waals surface area contributed by atoms with Crippen LogP contribution in [0.3, 0.4) is 0 Å². The lowest BCUT2D eigenvalue weighted by Crippen LogP contribution is -2.50. The van der Waals surface area contributed by atoms with E-state index in [2.05, 4.69) is 50.0 Å². The first-order chi connectivity index (χ1) is 39.6. The number of amides is 7. The summed E-state index contributed by atoms with van der Waals surface area (Å²) >= 11 is 0. The molecule has 0 spiro atoms. The fraction of sp³-hybridized carbons (Fsp3) is 0.311. The van der Waals surface area contributed by atoms with Crippen LogP contribution in [0.15, 0.2) is 113 Å². The van der Waals surface area contributed by atoms with Crippen molar-refractivity contribution in [3.8, 4) is 23.0 Å². The fourth-order valence-corrected chi connectivity index (χ4v) is 9.72. The maximum Gasteiger partial charge on any atom is 0.260 e. The molecule has 0 aromatic heterocycles. The Morgan fingerprint density at radius 2 is 1.34 bits per heavy atom. The molecule has 8 rings (SSSR count). The molecule has 0 radical (unpaired) electrons. The number of carbonyl (C=O) groups excluding carboxylic acids is 8. The van der Waals surface area contributed by atoms with Gasteiger partial charge in [0.05, 0.1) is 37.2 Å². The average molecular weight is 1120 g/mol. The maximum atomic E-state index is 14.0. The SMILES string of the molecule is C=Nc1cc(OCc2cc(COc3cc(N=CC4Cc5ccccc5N4C)c(C=O)cc3OC)cc(NC(=O)C(C)NC(=O)[C@H](C)NC(=O)CCCCC(=O)NCCN3C(=O)C=CC3=O)c2)c(OC)cc1C(=O)N1CCc2ccccc21. The Labute approximate surface area is 474 Å². The number of carbonyl (C=O) groups is 8. The number of rotatable bonds is 26. The van der Waals surface area contributed by atoms with E-state index in [1.54, 1.807) is 41.3 Å². The van der Waals surface area contributed by atoms with Gasteiger partial charge in [-0.3, -0.25) is 53.2 Å². The lowest BCUT2D eigenvalue weighted by molar-refractivity contribution is -0.137. The lowest BCUT2D eigenvalue weighted by Gasteiger charge is -2.20. The number of methoxy groups -OCH3 is 2. The molecule has 7 amide bonds. The van der Waals surface area contributed by atoms with Gasteiger partial charge in [-0.15, -0.1) is 0 Å². The van der Waals surface area contributed by atoms with Crippen molar-refractivity contribution in [2.75, 3.05) is 56.0 Å². The van der Waals surface area contributed by atoms with Gasteiger partial charge in [0.1, 0.15) is 25.3 Å². The van der Waals surface area contributed by atoms with Gasteiger partial charge >= 0.3 is 0 Å². The van der Waals surface area contributed by atoms with E-state index >= 15 is 0 Å². The number of hydrogen-bond acceptors (Lipinski definition) is 15. The van der Waals surface area contributed by atoms with Crippen LogP contribution in [0.1, 0.15) is 82.5 Å². The molecule has 3 aliphatic heterocycles. The third kappa shape index (κ3) is 14.2. The van der Waals surface area contributed by atoms with Crippen molar-refractivity contribution in [1.82, 2.24) is 20.9 Å². The van der Waals surface area contributed by atoms with E-state index in [0.29, 0.717) is 65.9 Å². The number of ether oxygens (including phenoxy) is 4. The highest BCUT2D eigenvalue weighted by atomic mass is 16.5. The molecular weight excluding hydrogens is 1050 g/mol. The van der Waals surface area contributed by atoms with Crippen LogP contribution in [0.25, 0.3) is 0 Å². The second-order valence-electron chi connectivity index (χ2n) is 19.8. The molecule has 3 atom stereocenters. The van der Waals surface area contributed by atoms with Crippen molar-refractivity contribution in [1.29, 1.82) is 0 Å². The number of aliphatic imine (C=N–C) groups is 2. The van der Waals surface area contributed by atoms with Gasteiger partial charge in [0.15, 0.2) is 29.3 Å². The van der Waals surface area contributed by atoms with E-state index in [-0.39, 0.29) is 85.5 Å². The molecule has 0 aliphatic carbocycles. The van der Waals surface area contributed by atoms with Crippen molar-refractivity contribution in [2.24, 2.45) is 9.98 Å². The molecule has 82 heavy (non-hydrogen) atoms. The van der Waals surface area contributed by atoms with Crippen molar-refractivity contribution in [2.45, 2.75) is 83.7 Å². The third-order valence-electron chi connectivity index (χ3n) is 14.2. The van der Waals surface area contributed by atoms with Crippen LogP contribution in [0.5, 0.6) is 23.0 Å². The molecule has 0 saturated carbocycles. The maximum absolute atomic E-state index is 14.0. The smallest absolute Gasteiger partial charge is 0.260 e. The fourth-order valence-electron chi connectivity index (χ4n) is 9.72. The number of unbranched alkanes of at least 4 members (excludes halogenated alkanes) is 1. The zero-order valence-corrected chi connectivity index (χ0v) is 46.3. The molecule has 0 fully saturated rings. The summed E-state index contributed by atoms with van der Waals surface area (Å²) in [5.41, 5.74) is 6.87. The average Bonchev–Trinajstić information content (AvgIpc) is 4.27. The van der Waals surface area contributed by atoms with Gasteiger partial charge < -0.3 is 50.0 Å². The molecular formula is C61H65N9O12. The molecule has 3 heterocycles. The summed E-state index contributed by atoms with van der Waals surface area (Å²) in [6.45, 7) is 7.22. The number of fused-ring (bicyclic) bond motifs is 2. The molecule has 5 aromatic carbocycles. The predicted molar refractivity (Wildman–Crippen MR) is 309 cm³/mol. The summed E-state index contributed by atoms with van der Waals surface area (Å²) in [4.78, 5) is 116. The normalized spacial score (nSPS) is 14.9. The molecule has 3 aliphatic rings. The first-order valence-corrected chi connectivity index (χ1v) is 26.8. The first-order valence-electron chi connectivity index (χ1n) is 26.8. The number of nitrogens with zero attached hydrogens (tertiary/aromatic N) is 5. The van der Waals surface area contributed by atoms with Gasteiger partial charge in [-0.05, 0) is 111 Å². The number of likely N-dealkylation sites (N-methyl/N-ethyl adjacent to an activating group) is 1. The number of aldehydes is 1. The van der Waals surface area contributed by atoms with Gasteiger partial charge in [0, 0.05) is 92.6 Å². The summed E-state index contributed by atoms with van der Waals surface area (Å²) < 4.78 is 24.2. The summed E-state index contributed by atoms with van der Waals surface area (Å²) in [5.74, 6) is -1.95. The molecule has 4 N–H and O–H groups in total. The van der Waals surface area contributed by atoms with E-state index in [1.165, 1.54) is 45.8 Å². The highest BCUT2D eigenvalue weighted by Crippen LogP contribution is 2.39. The van der Waals surface area contributed by atoms with Crippen LogP contribution in [0, 0.1) is 0 Å². The number of anilines is 3. The summed E-state index contributed by atoms with van der Waals surface area (Å²) in [5, 5.41) is 10.8. The monoisotopic (exact) mass is 1120 g/mol. The van der Waals surface area contributed by atoms with Crippen LogP contribution >= 0.6 is 0 Å². The second kappa shape index (κ2) is 27.0. The topological polar surface area (TPSA) is 256 Å². The first kappa shape index (κ1) is 58.5. The van der Waals surface area contributed by atoms with Gasteiger partial charge in [0.2, 0.25) is 23.6 Å². The van der Waals surface area contributed by atoms with Gasteiger partial charge in [-0.1, -0.05) is 36.4 Å². The Balaban J connectivity index is 0.937.